The molecule has 0 spiro atoms. The molecular formula is C42H24Cl2F4N4. The highest BCUT2D eigenvalue weighted by molar-refractivity contribution is 6.56. The molecule has 0 fully saturated rings. The summed E-state index contributed by atoms with van der Waals surface area (Å²) in [5.41, 5.74) is 0.486. The van der Waals surface area contributed by atoms with Crippen molar-refractivity contribution in [3.8, 4) is 0 Å². The van der Waals surface area contributed by atoms with E-state index in [1.807, 2.05) is 0 Å². The van der Waals surface area contributed by atoms with Crippen LogP contribution in [0.5, 0.6) is 0 Å². The van der Waals surface area contributed by atoms with E-state index in [-0.39, 0.29) is 10.0 Å². The fraction of sp³-hybridized carbons (Fsp3) is 0.0476. The van der Waals surface area contributed by atoms with Gasteiger partial charge in [-0.2, -0.15) is 0 Å². The largest absolute Gasteiger partial charge is 0.243 e. The van der Waals surface area contributed by atoms with E-state index in [0.29, 0.717) is 56.2 Å². The van der Waals surface area contributed by atoms with Gasteiger partial charge in [-0.25, -0.2) is 37.5 Å². The van der Waals surface area contributed by atoms with E-state index in [1.165, 1.54) is 48.5 Å². The molecule has 2 aliphatic heterocycles. The first-order valence-corrected chi connectivity index (χ1v) is 16.9. The molecule has 0 aromatic heterocycles. The Morgan fingerprint density at radius 2 is 0.558 bits per heavy atom. The Hall–Kier alpha value is -5.70. The minimum absolute atomic E-state index is 0.282. The van der Waals surface area contributed by atoms with Crippen LogP contribution in [0.4, 0.5) is 17.6 Å². The zero-order valence-corrected chi connectivity index (χ0v) is 28.4. The van der Waals surface area contributed by atoms with Crippen LogP contribution >= 0.6 is 23.2 Å². The highest BCUT2D eigenvalue weighted by Crippen LogP contribution is 2.57. The number of aliphatic imine (C=N–C) groups is 4. The van der Waals surface area contributed by atoms with Crippen molar-refractivity contribution in [3.63, 3.8) is 0 Å². The molecule has 2 aliphatic rings. The smallest absolute Gasteiger partial charge is 0.227 e. The average Bonchev–Trinajstić information content (AvgIpc) is 3.76. The maximum absolute atomic E-state index is 14.3. The molecule has 6 aromatic rings. The zero-order valence-electron chi connectivity index (χ0n) is 26.9. The van der Waals surface area contributed by atoms with Gasteiger partial charge in [0, 0.05) is 43.4 Å². The van der Waals surface area contributed by atoms with E-state index in [2.05, 4.69) is 0 Å². The van der Waals surface area contributed by atoms with E-state index in [1.54, 1.807) is 97.1 Å². The zero-order chi connectivity index (χ0) is 36.0. The minimum Gasteiger partial charge on any atom is -0.243 e. The van der Waals surface area contributed by atoms with Crippen LogP contribution in [0.25, 0.3) is 0 Å². The average molecular weight is 732 g/mol. The third kappa shape index (κ3) is 5.64. The minimum atomic E-state index is -1.85. The van der Waals surface area contributed by atoms with E-state index >= 15 is 0 Å². The summed E-state index contributed by atoms with van der Waals surface area (Å²) in [6, 6.07) is 37.1. The van der Waals surface area contributed by atoms with Gasteiger partial charge in [-0.3, -0.25) is 0 Å². The lowest BCUT2D eigenvalue weighted by Crippen LogP contribution is -2.43. The molecule has 4 nitrogen and oxygen atoms in total. The highest BCUT2D eigenvalue weighted by atomic mass is 35.5. The lowest BCUT2D eigenvalue weighted by atomic mass is 9.82. The number of rotatable bonds is 7. The van der Waals surface area contributed by atoms with Crippen molar-refractivity contribution in [2.24, 2.45) is 20.0 Å². The fourth-order valence-corrected chi connectivity index (χ4v) is 7.10. The Kier molecular flexibility index (Phi) is 8.44. The summed E-state index contributed by atoms with van der Waals surface area (Å²) in [6.45, 7) is 0. The Bertz CT molecular complexity index is 2160. The lowest BCUT2D eigenvalue weighted by Gasteiger charge is -2.39. The molecule has 0 bridgehead atoms. The topological polar surface area (TPSA) is 49.4 Å². The fourth-order valence-electron chi connectivity index (χ4n) is 6.56. The number of nitrogens with zero attached hydrogens (tertiary/aromatic N) is 4. The van der Waals surface area contributed by atoms with Crippen LogP contribution in [0, 0.1) is 23.3 Å². The van der Waals surface area contributed by atoms with Crippen molar-refractivity contribution in [2.45, 2.75) is 11.3 Å². The van der Waals surface area contributed by atoms with Crippen LogP contribution in [0.3, 0.4) is 0 Å². The molecule has 0 radical (unpaired) electrons. The molecule has 0 saturated heterocycles. The van der Waals surface area contributed by atoms with E-state index in [4.69, 9.17) is 43.2 Å². The molecule has 52 heavy (non-hydrogen) atoms. The molecular weight excluding hydrogens is 707 g/mol. The Labute approximate surface area is 306 Å². The van der Waals surface area contributed by atoms with Crippen molar-refractivity contribution < 1.29 is 17.6 Å². The first-order valence-electron chi connectivity index (χ1n) is 16.1. The summed E-state index contributed by atoms with van der Waals surface area (Å²) in [6.07, 6.45) is 0. The third-order valence-corrected chi connectivity index (χ3v) is 9.66. The third-order valence-electron chi connectivity index (χ3n) is 9.00. The quantitative estimate of drug-likeness (QED) is 0.147. The predicted molar refractivity (Wildman–Crippen MR) is 198 cm³/mol. The summed E-state index contributed by atoms with van der Waals surface area (Å²) in [7, 11) is 0. The molecule has 0 unspecified atom stereocenters. The SMILES string of the molecule is Fc1ccc(C2=NC(c3ccccc3Cl)(C3(c4ccccc4Cl)N=C(c4ccc(F)cc4)C(c4ccc(F)cc4)=N3)N=C2c2ccc(F)cc2)cc1. The molecule has 0 N–H and O–H groups in total. The van der Waals surface area contributed by atoms with Crippen molar-refractivity contribution in [3.05, 3.63) is 212 Å². The van der Waals surface area contributed by atoms with Gasteiger partial charge in [-0.15, -0.1) is 0 Å². The van der Waals surface area contributed by atoms with E-state index in [0.717, 1.165) is 0 Å². The number of halogens is 6. The number of hydrogen-bond acceptors (Lipinski definition) is 4. The number of benzene rings is 6. The molecule has 0 aliphatic carbocycles. The second-order valence-electron chi connectivity index (χ2n) is 12.2. The second kappa shape index (κ2) is 13.1. The normalized spacial score (nSPS) is 15.9. The van der Waals surface area contributed by atoms with Gasteiger partial charge in [0.25, 0.3) is 0 Å². The molecule has 2 heterocycles. The molecule has 254 valence electrons. The van der Waals surface area contributed by atoms with E-state index < -0.39 is 34.6 Å². The first kappa shape index (κ1) is 33.4. The maximum atomic E-state index is 14.3. The van der Waals surface area contributed by atoms with Crippen molar-refractivity contribution in [1.29, 1.82) is 0 Å². The Balaban J connectivity index is 1.55. The van der Waals surface area contributed by atoms with Gasteiger partial charge in [-0.05, 0) is 109 Å². The van der Waals surface area contributed by atoms with Crippen LogP contribution < -0.4 is 0 Å². The van der Waals surface area contributed by atoms with Crippen molar-refractivity contribution in [1.82, 2.24) is 0 Å². The van der Waals surface area contributed by atoms with Gasteiger partial charge < -0.3 is 0 Å². The predicted octanol–water partition coefficient (Wildman–Crippen LogP) is 10.5. The number of hydrogen-bond donors (Lipinski definition) is 0. The molecule has 0 atom stereocenters. The Morgan fingerprint density at radius 1 is 0.327 bits per heavy atom. The molecule has 0 amide bonds. The summed E-state index contributed by atoms with van der Waals surface area (Å²) >= 11 is 14.2. The van der Waals surface area contributed by atoms with Gasteiger partial charge in [0.1, 0.15) is 23.3 Å². The summed E-state index contributed by atoms with van der Waals surface area (Å²) in [5, 5.41) is 0.563. The van der Waals surface area contributed by atoms with Crippen molar-refractivity contribution >= 4 is 46.0 Å². The standard InChI is InChI=1S/C42H24Cl2F4N4/c43-35-7-3-1-5-33(35)41(49-37(25-9-17-29(45)18-10-25)38(50-41)26-11-19-30(46)20-12-26)42(34-6-2-4-8-36(34)44)51-39(27-13-21-31(47)22-14-27)40(52-42)28-15-23-32(48)24-16-28/h1-24H. The monoisotopic (exact) mass is 730 g/mol. The van der Waals surface area contributed by atoms with Crippen molar-refractivity contribution in [2.75, 3.05) is 0 Å². The maximum Gasteiger partial charge on any atom is 0.227 e. The van der Waals surface area contributed by atoms with Crippen LogP contribution in [0.2, 0.25) is 10.0 Å². The summed E-state index contributed by atoms with van der Waals surface area (Å²) < 4.78 is 57.3. The van der Waals surface area contributed by atoms with Gasteiger partial charge in [0.15, 0.2) is 0 Å². The molecule has 0 saturated carbocycles. The van der Waals surface area contributed by atoms with Gasteiger partial charge in [0.2, 0.25) is 11.3 Å². The van der Waals surface area contributed by atoms with Gasteiger partial charge in [0.05, 0.1) is 22.8 Å². The molecule has 10 heteroatoms. The molecule has 8 rings (SSSR count). The van der Waals surface area contributed by atoms with E-state index in [9.17, 15) is 17.6 Å². The van der Waals surface area contributed by atoms with Gasteiger partial charge in [-0.1, -0.05) is 59.6 Å². The summed E-state index contributed by atoms with van der Waals surface area (Å²) in [5.74, 6) is -1.81. The van der Waals surface area contributed by atoms with Gasteiger partial charge >= 0.3 is 0 Å². The van der Waals surface area contributed by atoms with Crippen LogP contribution in [-0.2, 0) is 11.3 Å². The van der Waals surface area contributed by atoms with Crippen LogP contribution in [0.15, 0.2) is 166 Å². The summed E-state index contributed by atoms with van der Waals surface area (Å²) in [4.78, 5) is 21.6. The highest BCUT2D eigenvalue weighted by Gasteiger charge is 2.61. The second-order valence-corrected chi connectivity index (χ2v) is 13.0. The lowest BCUT2D eigenvalue weighted by molar-refractivity contribution is 0.257. The Morgan fingerprint density at radius 3 is 0.788 bits per heavy atom. The van der Waals surface area contributed by atoms with Crippen LogP contribution in [-0.4, -0.2) is 22.8 Å². The van der Waals surface area contributed by atoms with Crippen LogP contribution in [0.1, 0.15) is 33.4 Å². The molecule has 6 aromatic carbocycles. The first-order chi connectivity index (χ1) is 25.2.